The van der Waals surface area contributed by atoms with Crippen molar-refractivity contribution in [2.24, 2.45) is 0 Å². The van der Waals surface area contributed by atoms with Crippen LogP contribution in [0.2, 0.25) is 0 Å². The summed E-state index contributed by atoms with van der Waals surface area (Å²) >= 11 is 0. The SMILES string of the molecule is O=c1c2cnn(-c3ccc(F)cc3)c2ncn1C[C@H](O)COc1cccc([N+](=O)[O-])c1. The van der Waals surface area contributed by atoms with Gasteiger partial charge in [-0.1, -0.05) is 6.07 Å². The van der Waals surface area contributed by atoms with Crippen molar-refractivity contribution in [3.05, 3.63) is 87.3 Å². The van der Waals surface area contributed by atoms with Crippen molar-refractivity contribution in [3.63, 3.8) is 0 Å². The third-order valence-corrected chi connectivity index (χ3v) is 4.50. The molecule has 1 N–H and O–H groups in total. The second-order valence-electron chi connectivity index (χ2n) is 6.69. The topological polar surface area (TPSA) is 125 Å². The Balaban J connectivity index is 1.49. The molecule has 0 spiro atoms. The zero-order chi connectivity index (χ0) is 22.0. The monoisotopic (exact) mass is 425 g/mol. The van der Waals surface area contributed by atoms with E-state index in [0.717, 1.165) is 0 Å². The van der Waals surface area contributed by atoms with Crippen LogP contribution in [-0.2, 0) is 6.54 Å². The molecule has 1 atom stereocenters. The van der Waals surface area contributed by atoms with Crippen LogP contribution in [0.25, 0.3) is 16.7 Å². The number of hydrogen-bond acceptors (Lipinski definition) is 7. The van der Waals surface area contributed by atoms with E-state index in [9.17, 15) is 24.4 Å². The van der Waals surface area contributed by atoms with Crippen LogP contribution in [0.3, 0.4) is 0 Å². The van der Waals surface area contributed by atoms with E-state index in [0.29, 0.717) is 11.3 Å². The number of nitrogens with zero attached hydrogens (tertiary/aromatic N) is 5. The lowest BCUT2D eigenvalue weighted by Gasteiger charge is -2.13. The number of hydrogen-bond donors (Lipinski definition) is 1. The Hall–Kier alpha value is -4.12. The molecule has 0 fully saturated rings. The van der Waals surface area contributed by atoms with Gasteiger partial charge in [0.1, 0.15) is 36.0 Å². The van der Waals surface area contributed by atoms with Gasteiger partial charge in [0, 0.05) is 6.07 Å². The van der Waals surface area contributed by atoms with Crippen molar-refractivity contribution < 1.29 is 19.2 Å². The van der Waals surface area contributed by atoms with E-state index < -0.39 is 22.4 Å². The Kier molecular flexibility index (Phi) is 5.41. The molecule has 0 saturated heterocycles. The molecule has 4 aromatic rings. The number of aliphatic hydroxyl groups is 1. The highest BCUT2D eigenvalue weighted by Crippen LogP contribution is 2.19. The second-order valence-corrected chi connectivity index (χ2v) is 6.69. The first-order chi connectivity index (χ1) is 14.9. The maximum Gasteiger partial charge on any atom is 0.273 e. The molecule has 0 radical (unpaired) electrons. The first-order valence-corrected chi connectivity index (χ1v) is 9.17. The van der Waals surface area contributed by atoms with Crippen LogP contribution in [0.1, 0.15) is 0 Å². The Morgan fingerprint density at radius 1 is 1.23 bits per heavy atom. The van der Waals surface area contributed by atoms with Gasteiger partial charge in [-0.25, -0.2) is 14.1 Å². The van der Waals surface area contributed by atoms with E-state index >= 15 is 0 Å². The molecule has 31 heavy (non-hydrogen) atoms. The van der Waals surface area contributed by atoms with Gasteiger partial charge >= 0.3 is 0 Å². The summed E-state index contributed by atoms with van der Waals surface area (Å²) in [5, 5.41) is 25.4. The molecule has 11 heteroatoms. The fourth-order valence-electron chi connectivity index (χ4n) is 3.01. The van der Waals surface area contributed by atoms with Gasteiger partial charge in [-0.05, 0) is 30.3 Å². The second kappa shape index (κ2) is 8.32. The van der Waals surface area contributed by atoms with Gasteiger partial charge in [-0.15, -0.1) is 0 Å². The summed E-state index contributed by atoms with van der Waals surface area (Å²) in [5.41, 5.74) is 0.311. The van der Waals surface area contributed by atoms with Gasteiger partial charge in [-0.2, -0.15) is 5.10 Å². The van der Waals surface area contributed by atoms with E-state index in [4.69, 9.17) is 4.74 Å². The molecule has 0 aliphatic rings. The van der Waals surface area contributed by atoms with Crippen molar-refractivity contribution in [1.29, 1.82) is 0 Å². The highest BCUT2D eigenvalue weighted by atomic mass is 19.1. The average molecular weight is 425 g/mol. The molecular weight excluding hydrogens is 409 g/mol. The minimum Gasteiger partial charge on any atom is -0.491 e. The molecule has 0 amide bonds. The fourth-order valence-corrected chi connectivity index (χ4v) is 3.01. The third kappa shape index (κ3) is 4.26. The quantitative estimate of drug-likeness (QED) is 0.355. The van der Waals surface area contributed by atoms with Gasteiger partial charge in [0.05, 0.1) is 29.4 Å². The normalized spacial score (nSPS) is 12.1. The summed E-state index contributed by atoms with van der Waals surface area (Å²) in [6.07, 6.45) is 1.57. The number of rotatable bonds is 7. The van der Waals surface area contributed by atoms with E-state index in [-0.39, 0.29) is 30.0 Å². The Morgan fingerprint density at radius 3 is 2.74 bits per heavy atom. The van der Waals surface area contributed by atoms with Crippen LogP contribution >= 0.6 is 0 Å². The van der Waals surface area contributed by atoms with Crippen LogP contribution in [0.15, 0.2) is 65.8 Å². The zero-order valence-electron chi connectivity index (χ0n) is 16.0. The standard InChI is InChI=1S/C20H16FN5O5/c21-13-4-6-14(7-5-13)25-19-18(9-23-25)20(28)24(12-22-19)10-16(27)11-31-17-3-1-2-15(8-17)26(29)30/h1-9,12,16,27H,10-11H2/t16-/m0/s1. The predicted molar refractivity (Wildman–Crippen MR) is 108 cm³/mol. The van der Waals surface area contributed by atoms with Crippen LogP contribution in [0.5, 0.6) is 5.75 Å². The van der Waals surface area contributed by atoms with Crippen molar-refractivity contribution in [1.82, 2.24) is 19.3 Å². The lowest BCUT2D eigenvalue weighted by atomic mass is 10.3. The maximum absolute atomic E-state index is 13.1. The van der Waals surface area contributed by atoms with Crippen LogP contribution in [-0.4, -0.2) is 42.1 Å². The lowest BCUT2D eigenvalue weighted by molar-refractivity contribution is -0.384. The number of fused-ring (bicyclic) bond motifs is 1. The Morgan fingerprint density at radius 2 is 2.00 bits per heavy atom. The zero-order valence-corrected chi connectivity index (χ0v) is 16.0. The van der Waals surface area contributed by atoms with Gasteiger partial charge in [0.15, 0.2) is 5.65 Å². The van der Waals surface area contributed by atoms with Crippen molar-refractivity contribution in [2.45, 2.75) is 12.6 Å². The highest BCUT2D eigenvalue weighted by molar-refractivity contribution is 5.74. The van der Waals surface area contributed by atoms with E-state index in [1.165, 1.54) is 70.3 Å². The number of non-ortho nitro benzene ring substituents is 1. The first kappa shape index (κ1) is 20.2. The number of benzene rings is 2. The van der Waals surface area contributed by atoms with Crippen LogP contribution in [0.4, 0.5) is 10.1 Å². The van der Waals surface area contributed by atoms with E-state index in [2.05, 4.69) is 10.1 Å². The molecule has 0 aliphatic carbocycles. The van der Waals surface area contributed by atoms with E-state index in [1.807, 2.05) is 0 Å². The third-order valence-electron chi connectivity index (χ3n) is 4.50. The smallest absolute Gasteiger partial charge is 0.273 e. The minimum absolute atomic E-state index is 0.0988. The molecule has 10 nitrogen and oxygen atoms in total. The summed E-state index contributed by atoms with van der Waals surface area (Å²) in [5.74, 6) is -0.161. The number of ether oxygens (including phenoxy) is 1. The first-order valence-electron chi connectivity index (χ1n) is 9.17. The summed E-state index contributed by atoms with van der Waals surface area (Å²) in [6, 6.07) is 11.2. The average Bonchev–Trinajstić information content (AvgIpc) is 3.20. The number of nitro groups is 1. The fraction of sp³-hybridized carbons (Fsp3) is 0.150. The number of halogens is 1. The Labute approximate surface area is 173 Å². The van der Waals surface area contributed by atoms with Crippen LogP contribution in [0, 0.1) is 15.9 Å². The maximum atomic E-state index is 13.1. The number of nitro benzene ring substituents is 1. The molecule has 4 rings (SSSR count). The summed E-state index contributed by atoms with van der Waals surface area (Å²) in [4.78, 5) is 27.3. The molecule has 158 valence electrons. The van der Waals surface area contributed by atoms with Crippen LogP contribution < -0.4 is 10.3 Å². The number of aliphatic hydroxyl groups excluding tert-OH is 1. The van der Waals surface area contributed by atoms with Gasteiger partial charge in [-0.3, -0.25) is 19.5 Å². The molecule has 2 heterocycles. The van der Waals surface area contributed by atoms with Crippen molar-refractivity contribution in [2.75, 3.05) is 6.61 Å². The summed E-state index contributed by atoms with van der Waals surface area (Å²) in [6.45, 7) is -0.279. The molecule has 2 aromatic carbocycles. The number of aromatic nitrogens is 4. The van der Waals surface area contributed by atoms with E-state index in [1.54, 1.807) is 0 Å². The molecule has 0 bridgehead atoms. The molecule has 0 unspecified atom stereocenters. The van der Waals surface area contributed by atoms with Crippen molar-refractivity contribution >= 4 is 16.7 Å². The summed E-state index contributed by atoms with van der Waals surface area (Å²) < 4.78 is 21.2. The highest BCUT2D eigenvalue weighted by Gasteiger charge is 2.15. The molecule has 0 aliphatic heterocycles. The lowest BCUT2D eigenvalue weighted by Crippen LogP contribution is -2.30. The van der Waals surface area contributed by atoms with Gasteiger partial charge in [0.2, 0.25) is 0 Å². The Bertz CT molecular complexity index is 1300. The molecule has 0 saturated carbocycles. The largest absolute Gasteiger partial charge is 0.491 e. The predicted octanol–water partition coefficient (Wildman–Crippen LogP) is 2.07. The minimum atomic E-state index is -1.07. The summed E-state index contributed by atoms with van der Waals surface area (Å²) in [7, 11) is 0. The van der Waals surface area contributed by atoms with Gasteiger partial charge in [0.25, 0.3) is 11.2 Å². The van der Waals surface area contributed by atoms with Gasteiger partial charge < -0.3 is 9.84 Å². The molecular formula is C20H16FN5O5. The van der Waals surface area contributed by atoms with Crippen molar-refractivity contribution in [3.8, 4) is 11.4 Å². The molecule has 2 aromatic heterocycles.